The largest absolute Gasteiger partial charge is 0.482 e. The van der Waals surface area contributed by atoms with Crippen molar-refractivity contribution in [2.75, 3.05) is 6.54 Å². The van der Waals surface area contributed by atoms with Crippen molar-refractivity contribution in [3.05, 3.63) is 53.1 Å². The van der Waals surface area contributed by atoms with Crippen LogP contribution in [0.3, 0.4) is 0 Å². The van der Waals surface area contributed by atoms with Gasteiger partial charge in [-0.1, -0.05) is 29.8 Å². The first kappa shape index (κ1) is 12.3. The Hall–Kier alpha value is -1.71. The lowest BCUT2D eigenvalue weighted by atomic mass is 10.1. The van der Waals surface area contributed by atoms with Crippen LogP contribution in [0.2, 0.25) is 5.02 Å². The molecular formula is C15H14ClNO2. The van der Waals surface area contributed by atoms with E-state index < -0.39 is 0 Å². The molecule has 4 heteroatoms. The summed E-state index contributed by atoms with van der Waals surface area (Å²) >= 11 is 6.01. The number of hydrogen-bond donors (Lipinski definition) is 1. The molecule has 0 fully saturated rings. The number of fused-ring (bicyclic) bond motifs is 2. The maximum Gasteiger partial charge on any atom is 0.169 e. The molecule has 1 atom stereocenters. The van der Waals surface area contributed by atoms with Gasteiger partial charge in [0.05, 0.1) is 0 Å². The molecule has 98 valence electrons. The van der Waals surface area contributed by atoms with Gasteiger partial charge in [-0.2, -0.15) is 0 Å². The summed E-state index contributed by atoms with van der Waals surface area (Å²) in [7, 11) is 0. The van der Waals surface area contributed by atoms with Gasteiger partial charge in [0, 0.05) is 23.1 Å². The third kappa shape index (κ3) is 2.39. The molecule has 0 aromatic heterocycles. The summed E-state index contributed by atoms with van der Waals surface area (Å²) in [6.45, 7) is 0.550. The summed E-state index contributed by atoms with van der Waals surface area (Å²) < 4.78 is 11.9. The van der Waals surface area contributed by atoms with Crippen LogP contribution in [0.5, 0.6) is 17.2 Å². The second kappa shape index (κ2) is 5.11. The van der Waals surface area contributed by atoms with E-state index in [4.69, 9.17) is 26.8 Å². The minimum absolute atomic E-state index is 0.110. The number of nitrogens with two attached hydrogens (primary N) is 1. The molecule has 3 nitrogen and oxygen atoms in total. The number of rotatable bonds is 2. The summed E-state index contributed by atoms with van der Waals surface area (Å²) in [6.07, 6.45) is 0.618. The molecule has 2 aromatic rings. The van der Waals surface area contributed by atoms with Crippen LogP contribution in [-0.4, -0.2) is 6.54 Å². The smallest absolute Gasteiger partial charge is 0.169 e. The highest BCUT2D eigenvalue weighted by atomic mass is 35.5. The molecule has 1 aliphatic heterocycles. The van der Waals surface area contributed by atoms with E-state index in [1.165, 1.54) is 0 Å². The highest BCUT2D eigenvalue weighted by Crippen LogP contribution is 2.43. The van der Waals surface area contributed by atoms with Crippen molar-refractivity contribution in [2.24, 2.45) is 5.73 Å². The van der Waals surface area contributed by atoms with E-state index in [1.807, 2.05) is 30.3 Å². The normalized spacial score (nSPS) is 16.6. The van der Waals surface area contributed by atoms with Crippen LogP contribution in [0.1, 0.15) is 18.1 Å². The zero-order valence-electron chi connectivity index (χ0n) is 10.3. The summed E-state index contributed by atoms with van der Waals surface area (Å²) in [5, 5.41) is 0.625. The Morgan fingerprint density at radius 3 is 2.74 bits per heavy atom. The zero-order chi connectivity index (χ0) is 13.2. The van der Waals surface area contributed by atoms with E-state index in [1.54, 1.807) is 12.1 Å². The van der Waals surface area contributed by atoms with Gasteiger partial charge in [-0.3, -0.25) is 0 Å². The summed E-state index contributed by atoms with van der Waals surface area (Å²) in [5.41, 5.74) is 6.68. The molecule has 1 aliphatic rings. The minimum Gasteiger partial charge on any atom is -0.482 e. The van der Waals surface area contributed by atoms with Crippen molar-refractivity contribution in [3.8, 4) is 17.2 Å². The van der Waals surface area contributed by atoms with Crippen molar-refractivity contribution < 1.29 is 9.47 Å². The fourth-order valence-corrected chi connectivity index (χ4v) is 2.36. The van der Waals surface area contributed by atoms with E-state index in [0.717, 1.165) is 17.7 Å². The quantitative estimate of drug-likeness (QED) is 0.904. The Morgan fingerprint density at radius 2 is 1.89 bits per heavy atom. The lowest BCUT2D eigenvalue weighted by Crippen LogP contribution is -2.12. The first-order valence-corrected chi connectivity index (χ1v) is 6.59. The van der Waals surface area contributed by atoms with Gasteiger partial charge in [0.2, 0.25) is 0 Å². The fourth-order valence-electron chi connectivity index (χ4n) is 2.20. The van der Waals surface area contributed by atoms with Crippen molar-refractivity contribution in [1.29, 1.82) is 0 Å². The highest BCUT2D eigenvalue weighted by molar-refractivity contribution is 6.30. The summed E-state index contributed by atoms with van der Waals surface area (Å²) in [4.78, 5) is 0. The SMILES string of the molecule is NCCC1Oc2cc(Cl)ccc2Oc2ccccc21. The molecule has 0 bridgehead atoms. The molecule has 1 unspecified atom stereocenters. The van der Waals surface area contributed by atoms with Crippen LogP contribution in [0.15, 0.2) is 42.5 Å². The highest BCUT2D eigenvalue weighted by Gasteiger charge is 2.23. The van der Waals surface area contributed by atoms with Crippen molar-refractivity contribution in [1.82, 2.24) is 0 Å². The maximum atomic E-state index is 6.02. The van der Waals surface area contributed by atoms with E-state index in [2.05, 4.69) is 0 Å². The Labute approximate surface area is 116 Å². The molecule has 0 radical (unpaired) electrons. The molecular weight excluding hydrogens is 262 g/mol. The molecule has 2 aromatic carbocycles. The Bertz CT molecular complexity index is 600. The Balaban J connectivity index is 2.09. The molecule has 0 spiro atoms. The van der Waals surface area contributed by atoms with Gasteiger partial charge in [-0.05, 0) is 24.7 Å². The van der Waals surface area contributed by atoms with E-state index >= 15 is 0 Å². The lowest BCUT2D eigenvalue weighted by molar-refractivity contribution is 0.200. The summed E-state index contributed by atoms with van der Waals surface area (Å²) in [5.74, 6) is 2.14. The van der Waals surface area contributed by atoms with Crippen molar-refractivity contribution in [2.45, 2.75) is 12.5 Å². The molecule has 3 rings (SSSR count). The average molecular weight is 276 g/mol. The van der Waals surface area contributed by atoms with Gasteiger partial charge in [-0.25, -0.2) is 0 Å². The van der Waals surface area contributed by atoms with E-state index in [0.29, 0.717) is 23.1 Å². The van der Waals surface area contributed by atoms with Crippen molar-refractivity contribution >= 4 is 11.6 Å². The lowest BCUT2D eigenvalue weighted by Gasteiger charge is -2.17. The Kier molecular flexibility index (Phi) is 3.32. The zero-order valence-corrected chi connectivity index (χ0v) is 11.1. The number of halogens is 1. The monoisotopic (exact) mass is 275 g/mol. The molecule has 19 heavy (non-hydrogen) atoms. The van der Waals surface area contributed by atoms with Gasteiger partial charge in [0.15, 0.2) is 11.5 Å². The standard InChI is InChI=1S/C15H14ClNO2/c16-10-5-6-14-15(9-10)19-13(7-8-17)11-3-1-2-4-12(11)18-14/h1-6,9,13H,7-8,17H2. The van der Waals surface area contributed by atoms with Gasteiger partial charge < -0.3 is 15.2 Å². The average Bonchev–Trinajstić information content (AvgIpc) is 2.56. The summed E-state index contributed by atoms with van der Waals surface area (Å²) in [6, 6.07) is 13.2. The van der Waals surface area contributed by atoms with E-state index in [9.17, 15) is 0 Å². The second-order valence-corrected chi connectivity index (χ2v) is 4.85. The van der Waals surface area contributed by atoms with Crippen LogP contribution >= 0.6 is 11.6 Å². The first-order valence-electron chi connectivity index (χ1n) is 6.21. The molecule has 0 saturated heterocycles. The fraction of sp³-hybridized carbons (Fsp3) is 0.200. The number of para-hydroxylation sites is 1. The number of benzene rings is 2. The topological polar surface area (TPSA) is 44.5 Å². The third-order valence-electron chi connectivity index (χ3n) is 3.09. The Morgan fingerprint density at radius 1 is 1.05 bits per heavy atom. The number of ether oxygens (including phenoxy) is 2. The van der Waals surface area contributed by atoms with Crippen LogP contribution in [-0.2, 0) is 0 Å². The second-order valence-electron chi connectivity index (χ2n) is 4.41. The van der Waals surface area contributed by atoms with Gasteiger partial charge >= 0.3 is 0 Å². The predicted molar refractivity (Wildman–Crippen MR) is 75.0 cm³/mol. The van der Waals surface area contributed by atoms with Gasteiger partial charge in [0.1, 0.15) is 11.9 Å². The molecule has 0 aliphatic carbocycles. The van der Waals surface area contributed by atoms with E-state index in [-0.39, 0.29) is 6.10 Å². The van der Waals surface area contributed by atoms with Crippen LogP contribution < -0.4 is 15.2 Å². The number of hydrogen-bond acceptors (Lipinski definition) is 3. The van der Waals surface area contributed by atoms with Crippen molar-refractivity contribution in [3.63, 3.8) is 0 Å². The molecule has 0 saturated carbocycles. The molecule has 0 amide bonds. The maximum absolute atomic E-state index is 6.02. The van der Waals surface area contributed by atoms with Crippen LogP contribution in [0, 0.1) is 0 Å². The first-order chi connectivity index (χ1) is 9.28. The van der Waals surface area contributed by atoms with Crippen LogP contribution in [0.4, 0.5) is 0 Å². The van der Waals surface area contributed by atoms with Gasteiger partial charge in [-0.15, -0.1) is 0 Å². The molecule has 1 heterocycles. The minimum atomic E-state index is -0.110. The van der Waals surface area contributed by atoms with Gasteiger partial charge in [0.25, 0.3) is 0 Å². The molecule has 2 N–H and O–H groups in total. The van der Waals surface area contributed by atoms with Crippen LogP contribution in [0.25, 0.3) is 0 Å². The third-order valence-corrected chi connectivity index (χ3v) is 3.32. The predicted octanol–water partition coefficient (Wildman–Crippen LogP) is 3.91.